The van der Waals surface area contributed by atoms with Crippen LogP contribution >= 0.6 is 0 Å². The molecule has 1 N–H and O–H groups in total. The molecule has 15 heavy (non-hydrogen) atoms. The highest BCUT2D eigenvalue weighted by Gasteiger charge is 2.21. The highest BCUT2D eigenvalue weighted by Crippen LogP contribution is 2.27. The SMILES string of the molecule is CCNC(C)C(c1ccncc1)C(C)C. The number of nitrogens with one attached hydrogen (secondary N) is 1. The molecule has 2 unspecified atom stereocenters. The van der Waals surface area contributed by atoms with Gasteiger partial charge in [0, 0.05) is 24.4 Å². The van der Waals surface area contributed by atoms with Crippen molar-refractivity contribution in [1.82, 2.24) is 10.3 Å². The second kappa shape index (κ2) is 5.86. The number of rotatable bonds is 5. The second-order valence-electron chi connectivity index (χ2n) is 4.40. The van der Waals surface area contributed by atoms with Gasteiger partial charge >= 0.3 is 0 Å². The first-order chi connectivity index (χ1) is 7.16. The predicted molar refractivity (Wildman–Crippen MR) is 65.0 cm³/mol. The molecule has 1 rings (SSSR count). The standard InChI is InChI=1S/C13H22N2/c1-5-15-11(4)13(10(2)3)12-6-8-14-9-7-12/h6-11,13,15H,5H2,1-4H3. The van der Waals surface area contributed by atoms with Crippen molar-refractivity contribution in [3.63, 3.8) is 0 Å². The minimum absolute atomic E-state index is 0.511. The molecule has 0 amide bonds. The van der Waals surface area contributed by atoms with Gasteiger partial charge in [-0.25, -0.2) is 0 Å². The van der Waals surface area contributed by atoms with Gasteiger partial charge in [0.1, 0.15) is 0 Å². The number of hydrogen-bond donors (Lipinski definition) is 1. The average Bonchev–Trinajstić information content (AvgIpc) is 2.19. The summed E-state index contributed by atoms with van der Waals surface area (Å²) in [6.45, 7) is 9.99. The van der Waals surface area contributed by atoms with Crippen LogP contribution in [0.2, 0.25) is 0 Å². The van der Waals surface area contributed by atoms with Crippen LogP contribution in [-0.4, -0.2) is 17.6 Å². The normalized spacial score (nSPS) is 15.3. The Bertz CT molecular complexity index is 269. The van der Waals surface area contributed by atoms with Crippen LogP contribution in [0.5, 0.6) is 0 Å². The molecule has 2 nitrogen and oxygen atoms in total. The summed E-state index contributed by atoms with van der Waals surface area (Å²) in [5.74, 6) is 1.20. The van der Waals surface area contributed by atoms with Gasteiger partial charge in [-0.05, 0) is 37.1 Å². The molecule has 84 valence electrons. The van der Waals surface area contributed by atoms with E-state index in [9.17, 15) is 0 Å². The zero-order valence-corrected chi connectivity index (χ0v) is 10.2. The van der Waals surface area contributed by atoms with Crippen molar-refractivity contribution in [3.05, 3.63) is 30.1 Å². The quantitative estimate of drug-likeness (QED) is 0.801. The Morgan fingerprint density at radius 1 is 1.20 bits per heavy atom. The van der Waals surface area contributed by atoms with Crippen LogP contribution in [0.3, 0.4) is 0 Å². The van der Waals surface area contributed by atoms with Crippen molar-refractivity contribution in [3.8, 4) is 0 Å². The van der Waals surface area contributed by atoms with E-state index in [0.717, 1.165) is 6.54 Å². The van der Waals surface area contributed by atoms with Crippen molar-refractivity contribution in [2.24, 2.45) is 5.92 Å². The number of aromatic nitrogens is 1. The third-order valence-corrected chi connectivity index (χ3v) is 2.87. The first-order valence-electron chi connectivity index (χ1n) is 5.80. The van der Waals surface area contributed by atoms with Crippen LogP contribution < -0.4 is 5.32 Å². The number of likely N-dealkylation sites (N-methyl/N-ethyl adjacent to an activating group) is 1. The summed E-state index contributed by atoms with van der Waals surface area (Å²) in [7, 11) is 0. The Kier molecular flexibility index (Phi) is 4.76. The maximum atomic E-state index is 4.07. The summed E-state index contributed by atoms with van der Waals surface area (Å²) in [6, 6.07) is 4.76. The zero-order valence-electron chi connectivity index (χ0n) is 10.2. The molecule has 2 atom stereocenters. The topological polar surface area (TPSA) is 24.9 Å². The van der Waals surface area contributed by atoms with E-state index in [4.69, 9.17) is 0 Å². The minimum atomic E-state index is 0.511. The molecule has 0 aromatic carbocycles. The monoisotopic (exact) mass is 206 g/mol. The van der Waals surface area contributed by atoms with Crippen molar-refractivity contribution < 1.29 is 0 Å². The summed E-state index contributed by atoms with van der Waals surface area (Å²) < 4.78 is 0. The molecule has 0 fully saturated rings. The number of pyridine rings is 1. The molecular formula is C13H22N2. The zero-order chi connectivity index (χ0) is 11.3. The Hall–Kier alpha value is -0.890. The second-order valence-corrected chi connectivity index (χ2v) is 4.40. The first kappa shape index (κ1) is 12.2. The highest BCUT2D eigenvalue weighted by molar-refractivity contribution is 5.18. The van der Waals surface area contributed by atoms with Crippen LogP contribution in [0.1, 0.15) is 39.2 Å². The molecule has 0 saturated heterocycles. The fourth-order valence-electron chi connectivity index (χ4n) is 2.29. The van der Waals surface area contributed by atoms with Gasteiger partial charge in [0.15, 0.2) is 0 Å². The van der Waals surface area contributed by atoms with Gasteiger partial charge in [0.2, 0.25) is 0 Å². The van der Waals surface area contributed by atoms with Crippen LogP contribution in [0, 0.1) is 5.92 Å². The van der Waals surface area contributed by atoms with Gasteiger partial charge in [0.05, 0.1) is 0 Å². The molecule has 0 aliphatic carbocycles. The van der Waals surface area contributed by atoms with Gasteiger partial charge < -0.3 is 5.32 Å². The van der Waals surface area contributed by atoms with Gasteiger partial charge in [-0.1, -0.05) is 20.8 Å². The Labute approximate surface area is 93.1 Å². The van der Waals surface area contributed by atoms with E-state index < -0.39 is 0 Å². The average molecular weight is 206 g/mol. The van der Waals surface area contributed by atoms with Crippen molar-refractivity contribution in [2.45, 2.75) is 39.7 Å². The Morgan fingerprint density at radius 2 is 1.80 bits per heavy atom. The van der Waals surface area contributed by atoms with Crippen LogP contribution in [0.15, 0.2) is 24.5 Å². The highest BCUT2D eigenvalue weighted by atomic mass is 14.9. The van der Waals surface area contributed by atoms with Crippen molar-refractivity contribution in [2.75, 3.05) is 6.54 Å². The third-order valence-electron chi connectivity index (χ3n) is 2.87. The molecular weight excluding hydrogens is 184 g/mol. The fourth-order valence-corrected chi connectivity index (χ4v) is 2.29. The summed E-state index contributed by atoms with van der Waals surface area (Å²) >= 11 is 0. The number of nitrogens with zero attached hydrogens (tertiary/aromatic N) is 1. The third kappa shape index (κ3) is 3.31. The van der Waals surface area contributed by atoms with Gasteiger partial charge in [-0.15, -0.1) is 0 Å². The lowest BCUT2D eigenvalue weighted by Gasteiger charge is -2.28. The molecule has 1 aromatic heterocycles. The van der Waals surface area contributed by atoms with Crippen LogP contribution in [0.4, 0.5) is 0 Å². The molecule has 0 radical (unpaired) electrons. The molecule has 1 heterocycles. The molecule has 0 bridgehead atoms. The van der Waals surface area contributed by atoms with E-state index in [1.165, 1.54) is 5.56 Å². The Morgan fingerprint density at radius 3 is 2.27 bits per heavy atom. The van der Waals surface area contributed by atoms with Gasteiger partial charge in [-0.3, -0.25) is 4.98 Å². The van der Waals surface area contributed by atoms with E-state index >= 15 is 0 Å². The summed E-state index contributed by atoms with van der Waals surface area (Å²) in [5.41, 5.74) is 1.38. The fraction of sp³-hybridized carbons (Fsp3) is 0.615. The Balaban J connectivity index is 2.83. The maximum Gasteiger partial charge on any atom is 0.0270 e. The molecule has 0 spiro atoms. The summed E-state index contributed by atoms with van der Waals surface area (Å²) in [6.07, 6.45) is 3.76. The first-order valence-corrected chi connectivity index (χ1v) is 5.80. The molecule has 0 aliphatic rings. The van der Waals surface area contributed by atoms with Crippen molar-refractivity contribution >= 4 is 0 Å². The lowest BCUT2D eigenvalue weighted by Crippen LogP contribution is -2.34. The molecule has 0 aliphatic heterocycles. The van der Waals surface area contributed by atoms with E-state index in [2.05, 4.69) is 50.1 Å². The maximum absolute atomic E-state index is 4.07. The summed E-state index contributed by atoms with van der Waals surface area (Å²) in [4.78, 5) is 4.07. The van der Waals surface area contributed by atoms with E-state index in [1.54, 1.807) is 0 Å². The lowest BCUT2D eigenvalue weighted by atomic mass is 9.83. The van der Waals surface area contributed by atoms with Crippen molar-refractivity contribution in [1.29, 1.82) is 0 Å². The van der Waals surface area contributed by atoms with E-state index in [0.29, 0.717) is 17.9 Å². The molecule has 0 saturated carbocycles. The van der Waals surface area contributed by atoms with Gasteiger partial charge in [0.25, 0.3) is 0 Å². The van der Waals surface area contributed by atoms with Crippen LogP contribution in [-0.2, 0) is 0 Å². The molecule has 2 heteroatoms. The minimum Gasteiger partial charge on any atom is -0.314 e. The smallest absolute Gasteiger partial charge is 0.0270 e. The van der Waals surface area contributed by atoms with Crippen LogP contribution in [0.25, 0.3) is 0 Å². The molecule has 1 aromatic rings. The predicted octanol–water partition coefficient (Wildman–Crippen LogP) is 2.82. The number of hydrogen-bond acceptors (Lipinski definition) is 2. The van der Waals surface area contributed by atoms with Gasteiger partial charge in [-0.2, -0.15) is 0 Å². The lowest BCUT2D eigenvalue weighted by molar-refractivity contribution is 0.383. The summed E-state index contributed by atoms with van der Waals surface area (Å²) in [5, 5.41) is 3.50. The van der Waals surface area contributed by atoms with E-state index in [-0.39, 0.29) is 0 Å². The van der Waals surface area contributed by atoms with E-state index in [1.807, 2.05) is 12.4 Å². The largest absolute Gasteiger partial charge is 0.314 e.